The largest absolute Gasteiger partial charge is 0.388 e. The highest BCUT2D eigenvalue weighted by molar-refractivity contribution is 5.50. The van der Waals surface area contributed by atoms with Gasteiger partial charge in [-0.1, -0.05) is 25.5 Å². The summed E-state index contributed by atoms with van der Waals surface area (Å²) in [6.07, 6.45) is 2.20. The minimum absolute atomic E-state index is 0.951. The standard InChI is InChI=1S/C3H8.CH4N4/c1-3-2;2-1-4-5-3/h3H2,1-2H3;1H,(H3,2,3,4). The molecule has 0 radical (unpaired) electrons. The van der Waals surface area contributed by atoms with Gasteiger partial charge in [-0.15, -0.1) is 5.10 Å². The Morgan fingerprint density at radius 2 is 2.00 bits per heavy atom. The molecule has 0 amide bonds. The van der Waals surface area contributed by atoms with Crippen molar-refractivity contribution < 1.29 is 0 Å². The zero-order valence-electron chi connectivity index (χ0n) is 5.26. The van der Waals surface area contributed by atoms with Crippen LogP contribution in [0.4, 0.5) is 0 Å². The van der Waals surface area contributed by atoms with Crippen molar-refractivity contribution in [1.29, 1.82) is 5.53 Å². The van der Waals surface area contributed by atoms with Gasteiger partial charge in [0.15, 0.2) is 0 Å². The molecule has 4 nitrogen and oxygen atoms in total. The molecule has 0 bridgehead atoms. The quantitative estimate of drug-likeness (QED) is 0.230. The van der Waals surface area contributed by atoms with Crippen LogP contribution >= 0.6 is 0 Å². The highest BCUT2D eigenvalue weighted by Gasteiger charge is 1.42. The zero-order valence-corrected chi connectivity index (χ0v) is 5.26. The van der Waals surface area contributed by atoms with E-state index in [2.05, 4.69) is 29.9 Å². The first-order chi connectivity index (χ1) is 3.83. The second-order valence-electron chi connectivity index (χ2n) is 1.07. The Balaban J connectivity index is 0. The van der Waals surface area contributed by atoms with Crippen LogP contribution in [0.3, 0.4) is 0 Å². The molecule has 0 fully saturated rings. The molecule has 8 heavy (non-hydrogen) atoms. The van der Waals surface area contributed by atoms with E-state index in [1.807, 2.05) is 0 Å². The Labute approximate surface area is 49.3 Å². The molecular weight excluding hydrogens is 104 g/mol. The maximum Gasteiger partial charge on any atom is 0.110 e. The number of nitrogens with two attached hydrogens (primary N) is 1. The summed E-state index contributed by atoms with van der Waals surface area (Å²) in [5.74, 6) is 0. The van der Waals surface area contributed by atoms with Gasteiger partial charge in [0.25, 0.3) is 0 Å². The first-order valence-corrected chi connectivity index (χ1v) is 2.43. The third kappa shape index (κ3) is 73.4. The summed E-state index contributed by atoms with van der Waals surface area (Å²) in [6.45, 7) is 4.25. The van der Waals surface area contributed by atoms with Gasteiger partial charge in [-0.25, -0.2) is 0 Å². The fourth-order valence-electron chi connectivity index (χ4n) is 0.0333. The molecule has 0 aliphatic carbocycles. The number of rotatable bonds is 1. The zero-order chi connectivity index (χ0) is 6.83. The van der Waals surface area contributed by atoms with E-state index in [1.54, 1.807) is 0 Å². The number of hydrogen-bond donors (Lipinski definition) is 2. The summed E-state index contributed by atoms with van der Waals surface area (Å²) >= 11 is 0. The van der Waals surface area contributed by atoms with Crippen LogP contribution in [0.25, 0.3) is 0 Å². The van der Waals surface area contributed by atoms with Gasteiger partial charge in [-0.3, -0.25) is 0 Å². The van der Waals surface area contributed by atoms with Crippen molar-refractivity contribution in [1.82, 2.24) is 0 Å². The van der Waals surface area contributed by atoms with Gasteiger partial charge in [0.05, 0.1) is 0 Å². The monoisotopic (exact) mass is 116 g/mol. The van der Waals surface area contributed by atoms with Gasteiger partial charge in [0.2, 0.25) is 0 Å². The molecule has 4 heteroatoms. The third-order valence-corrected chi connectivity index (χ3v) is 0.124. The lowest BCUT2D eigenvalue weighted by atomic mass is 10.6. The maximum absolute atomic E-state index is 5.95. The predicted octanol–water partition coefficient (Wildman–Crippen LogP) is 1.34. The summed E-state index contributed by atoms with van der Waals surface area (Å²) in [5, 5.41) is 5.47. The molecule has 0 aromatic heterocycles. The van der Waals surface area contributed by atoms with E-state index < -0.39 is 0 Å². The van der Waals surface area contributed by atoms with E-state index in [4.69, 9.17) is 5.53 Å². The molecule has 0 rings (SSSR count). The average Bonchev–Trinajstić information content (AvgIpc) is 1.71. The highest BCUT2D eigenvalue weighted by atomic mass is 15.3. The van der Waals surface area contributed by atoms with Crippen LogP contribution in [-0.4, -0.2) is 6.34 Å². The van der Waals surface area contributed by atoms with E-state index >= 15 is 0 Å². The first kappa shape index (κ1) is 10.1. The molecular formula is C4H12N4. The molecule has 0 aromatic rings. The molecule has 0 atom stereocenters. The summed E-state index contributed by atoms with van der Waals surface area (Å²) in [5.41, 5.74) is 10.6. The van der Waals surface area contributed by atoms with Crippen molar-refractivity contribution in [2.75, 3.05) is 0 Å². The molecule has 0 unspecified atom stereocenters. The van der Waals surface area contributed by atoms with Crippen molar-refractivity contribution in [3.63, 3.8) is 0 Å². The van der Waals surface area contributed by atoms with Crippen molar-refractivity contribution in [2.24, 2.45) is 16.1 Å². The second-order valence-corrected chi connectivity index (χ2v) is 1.07. The van der Waals surface area contributed by atoms with Crippen LogP contribution in [0.1, 0.15) is 20.3 Å². The molecule has 0 aromatic carbocycles. The van der Waals surface area contributed by atoms with E-state index in [9.17, 15) is 0 Å². The van der Waals surface area contributed by atoms with Crippen molar-refractivity contribution >= 4 is 6.34 Å². The van der Waals surface area contributed by atoms with Crippen LogP contribution in [0.5, 0.6) is 0 Å². The third-order valence-electron chi connectivity index (χ3n) is 0.124. The maximum atomic E-state index is 5.95. The normalized spacial score (nSPS) is 7.75. The second kappa shape index (κ2) is 16.6. The van der Waals surface area contributed by atoms with Gasteiger partial charge < -0.3 is 5.73 Å². The smallest absolute Gasteiger partial charge is 0.110 e. The fourth-order valence-corrected chi connectivity index (χ4v) is 0.0333. The van der Waals surface area contributed by atoms with Crippen LogP contribution in [0.2, 0.25) is 0 Å². The first-order valence-electron chi connectivity index (χ1n) is 2.43. The molecule has 0 saturated heterocycles. The van der Waals surface area contributed by atoms with Gasteiger partial charge in [0, 0.05) is 0 Å². The summed E-state index contributed by atoms with van der Waals surface area (Å²) in [4.78, 5) is 0. The number of hydrogen-bond acceptors (Lipinski definition) is 2. The van der Waals surface area contributed by atoms with Gasteiger partial charge in [0.1, 0.15) is 6.34 Å². The minimum atomic E-state index is 0.951. The van der Waals surface area contributed by atoms with Crippen LogP contribution in [0.15, 0.2) is 10.3 Å². The van der Waals surface area contributed by atoms with Crippen molar-refractivity contribution in [3.05, 3.63) is 0 Å². The van der Waals surface area contributed by atoms with Crippen LogP contribution in [-0.2, 0) is 0 Å². The SMILES string of the molecule is CCC.N=NN=CN. The van der Waals surface area contributed by atoms with Gasteiger partial charge >= 0.3 is 0 Å². The van der Waals surface area contributed by atoms with Crippen LogP contribution in [0, 0.1) is 5.53 Å². The Bertz CT molecular complexity index is 59.1. The molecule has 0 heterocycles. The number of nitrogens with one attached hydrogen (secondary N) is 1. The summed E-state index contributed by atoms with van der Waals surface area (Å²) in [7, 11) is 0. The average molecular weight is 116 g/mol. The van der Waals surface area contributed by atoms with E-state index in [-0.39, 0.29) is 0 Å². The Morgan fingerprint density at radius 1 is 1.62 bits per heavy atom. The van der Waals surface area contributed by atoms with Gasteiger partial charge in [-0.2, -0.15) is 5.53 Å². The lowest BCUT2D eigenvalue weighted by molar-refractivity contribution is 0.993. The molecule has 0 saturated carbocycles. The summed E-state index contributed by atoms with van der Waals surface area (Å²) in [6, 6.07) is 0. The lowest BCUT2D eigenvalue weighted by Gasteiger charge is -1.57. The Hall–Kier alpha value is -0.930. The minimum Gasteiger partial charge on any atom is -0.388 e. The van der Waals surface area contributed by atoms with E-state index in [0.717, 1.165) is 6.34 Å². The topological polar surface area (TPSA) is 74.6 Å². The number of nitrogens with zero attached hydrogens (tertiary/aromatic N) is 2. The van der Waals surface area contributed by atoms with E-state index in [1.165, 1.54) is 6.42 Å². The van der Waals surface area contributed by atoms with Crippen LogP contribution < -0.4 is 5.73 Å². The molecule has 48 valence electrons. The van der Waals surface area contributed by atoms with Crippen molar-refractivity contribution in [3.8, 4) is 0 Å². The Kier molecular flexibility index (Phi) is 21.0. The molecule has 0 spiro atoms. The van der Waals surface area contributed by atoms with E-state index in [0.29, 0.717) is 0 Å². The summed E-state index contributed by atoms with van der Waals surface area (Å²) < 4.78 is 0. The fraction of sp³-hybridized carbons (Fsp3) is 0.750. The molecule has 3 N–H and O–H groups in total. The van der Waals surface area contributed by atoms with Gasteiger partial charge in [-0.05, 0) is 0 Å². The highest BCUT2D eigenvalue weighted by Crippen LogP contribution is 1.56. The van der Waals surface area contributed by atoms with Crippen molar-refractivity contribution in [2.45, 2.75) is 20.3 Å². The molecule has 0 aliphatic rings. The lowest BCUT2D eigenvalue weighted by Crippen LogP contribution is -1.84. The molecule has 0 aliphatic heterocycles. The predicted molar refractivity (Wildman–Crippen MR) is 33.8 cm³/mol. The Morgan fingerprint density at radius 3 is 2.00 bits per heavy atom.